The molecular formula is C13H25N3O. The molecule has 4 nitrogen and oxygen atoms in total. The number of rotatable bonds is 2. The van der Waals surface area contributed by atoms with Gasteiger partial charge in [-0.3, -0.25) is 0 Å². The maximum Gasteiger partial charge on any atom is 0.317 e. The fraction of sp³-hybridized carbons (Fsp3) is 0.923. The van der Waals surface area contributed by atoms with Crippen molar-refractivity contribution in [3.05, 3.63) is 0 Å². The summed E-state index contributed by atoms with van der Waals surface area (Å²) < 4.78 is 0. The van der Waals surface area contributed by atoms with E-state index in [4.69, 9.17) is 0 Å². The lowest BCUT2D eigenvalue weighted by atomic mass is 9.93. The molecule has 2 N–H and O–H groups in total. The first-order valence-corrected chi connectivity index (χ1v) is 7.03. The minimum absolute atomic E-state index is 0.129. The van der Waals surface area contributed by atoms with Crippen LogP contribution >= 0.6 is 0 Å². The van der Waals surface area contributed by atoms with Gasteiger partial charge in [0.2, 0.25) is 0 Å². The van der Waals surface area contributed by atoms with Crippen molar-refractivity contribution in [2.24, 2.45) is 5.92 Å². The van der Waals surface area contributed by atoms with Crippen LogP contribution < -0.4 is 10.6 Å². The van der Waals surface area contributed by atoms with Crippen LogP contribution in [0.5, 0.6) is 0 Å². The number of hydrogen-bond acceptors (Lipinski definition) is 2. The highest BCUT2D eigenvalue weighted by molar-refractivity contribution is 5.74. The smallest absolute Gasteiger partial charge is 0.317 e. The molecule has 0 saturated carbocycles. The number of nitrogens with zero attached hydrogens (tertiary/aromatic N) is 1. The van der Waals surface area contributed by atoms with E-state index in [1.54, 1.807) is 0 Å². The van der Waals surface area contributed by atoms with Crippen molar-refractivity contribution in [3.8, 4) is 0 Å². The Balaban J connectivity index is 1.71. The van der Waals surface area contributed by atoms with Gasteiger partial charge in [0.15, 0.2) is 0 Å². The zero-order valence-electron chi connectivity index (χ0n) is 10.9. The van der Waals surface area contributed by atoms with Crippen LogP contribution in [0.3, 0.4) is 0 Å². The Bertz CT molecular complexity index is 251. The van der Waals surface area contributed by atoms with Gasteiger partial charge < -0.3 is 15.5 Å². The summed E-state index contributed by atoms with van der Waals surface area (Å²) in [5.74, 6) is 0.672. The third kappa shape index (κ3) is 3.60. The second-order valence-electron chi connectivity index (χ2n) is 5.41. The van der Waals surface area contributed by atoms with Crippen LogP contribution in [0.15, 0.2) is 0 Å². The number of likely N-dealkylation sites (tertiary alicyclic amines) is 1. The predicted molar refractivity (Wildman–Crippen MR) is 69.0 cm³/mol. The summed E-state index contributed by atoms with van der Waals surface area (Å²) in [6, 6.07) is 0.585. The molecule has 0 bridgehead atoms. The number of amides is 2. The van der Waals surface area contributed by atoms with E-state index in [1.165, 1.54) is 19.3 Å². The minimum atomic E-state index is 0.129. The highest BCUT2D eigenvalue weighted by atomic mass is 16.2. The van der Waals surface area contributed by atoms with Crippen molar-refractivity contribution in [1.82, 2.24) is 15.5 Å². The Labute approximate surface area is 104 Å². The average Bonchev–Trinajstić information content (AvgIpc) is 2.38. The molecule has 2 amide bonds. The van der Waals surface area contributed by atoms with Crippen LogP contribution in [-0.2, 0) is 0 Å². The fourth-order valence-corrected chi connectivity index (χ4v) is 2.79. The third-order valence-corrected chi connectivity index (χ3v) is 4.05. The number of piperidine rings is 2. The van der Waals surface area contributed by atoms with E-state index in [2.05, 4.69) is 17.6 Å². The molecule has 0 aromatic rings. The first-order valence-electron chi connectivity index (χ1n) is 7.03. The summed E-state index contributed by atoms with van der Waals surface area (Å²) in [7, 11) is 0. The van der Waals surface area contributed by atoms with Crippen molar-refractivity contribution in [2.75, 3.05) is 26.2 Å². The zero-order valence-corrected chi connectivity index (χ0v) is 10.9. The average molecular weight is 239 g/mol. The molecule has 0 aromatic heterocycles. The van der Waals surface area contributed by atoms with Gasteiger partial charge in [0.1, 0.15) is 0 Å². The Morgan fingerprint density at radius 2 is 2.06 bits per heavy atom. The molecule has 0 spiro atoms. The van der Waals surface area contributed by atoms with Gasteiger partial charge >= 0.3 is 6.03 Å². The van der Waals surface area contributed by atoms with E-state index in [9.17, 15) is 4.79 Å². The number of urea groups is 1. The van der Waals surface area contributed by atoms with Crippen LogP contribution in [-0.4, -0.2) is 43.2 Å². The molecule has 2 heterocycles. The topological polar surface area (TPSA) is 44.4 Å². The lowest BCUT2D eigenvalue weighted by molar-refractivity contribution is 0.182. The van der Waals surface area contributed by atoms with Crippen molar-refractivity contribution >= 4 is 6.03 Å². The van der Waals surface area contributed by atoms with Gasteiger partial charge in [0.25, 0.3) is 0 Å². The van der Waals surface area contributed by atoms with Crippen molar-refractivity contribution < 1.29 is 4.79 Å². The van der Waals surface area contributed by atoms with Gasteiger partial charge in [-0.15, -0.1) is 0 Å². The third-order valence-electron chi connectivity index (χ3n) is 4.05. The standard InChI is InChI=1S/C13H25N3O/c1-11-6-5-7-14-12(11)10-15-13(17)16-8-3-2-4-9-16/h11-12,14H,2-10H2,1H3,(H,15,17). The number of carbonyl (C=O) groups is 1. The van der Waals surface area contributed by atoms with E-state index in [0.717, 1.165) is 39.0 Å². The van der Waals surface area contributed by atoms with E-state index in [1.807, 2.05) is 4.90 Å². The zero-order chi connectivity index (χ0) is 12.1. The summed E-state index contributed by atoms with van der Waals surface area (Å²) >= 11 is 0. The Kier molecular flexibility index (Phi) is 4.66. The monoisotopic (exact) mass is 239 g/mol. The molecule has 2 fully saturated rings. The van der Waals surface area contributed by atoms with Crippen LogP contribution in [0.25, 0.3) is 0 Å². The second kappa shape index (κ2) is 6.24. The molecule has 2 saturated heterocycles. The maximum absolute atomic E-state index is 11.9. The molecular weight excluding hydrogens is 214 g/mol. The lowest BCUT2D eigenvalue weighted by Crippen LogP contribution is -2.51. The van der Waals surface area contributed by atoms with Crippen LogP contribution in [0, 0.1) is 5.92 Å². The lowest BCUT2D eigenvalue weighted by Gasteiger charge is -2.32. The molecule has 2 unspecified atom stereocenters. The van der Waals surface area contributed by atoms with E-state index in [-0.39, 0.29) is 6.03 Å². The quantitative estimate of drug-likeness (QED) is 0.768. The van der Waals surface area contributed by atoms with Gasteiger partial charge in [0, 0.05) is 25.7 Å². The fourth-order valence-electron chi connectivity index (χ4n) is 2.79. The van der Waals surface area contributed by atoms with Gasteiger partial charge in [-0.25, -0.2) is 4.79 Å². The molecule has 17 heavy (non-hydrogen) atoms. The molecule has 2 rings (SSSR count). The first-order chi connectivity index (χ1) is 8.27. The van der Waals surface area contributed by atoms with Crippen molar-refractivity contribution in [1.29, 1.82) is 0 Å². The van der Waals surface area contributed by atoms with Crippen molar-refractivity contribution in [3.63, 3.8) is 0 Å². The summed E-state index contributed by atoms with van der Waals surface area (Å²) in [4.78, 5) is 13.9. The van der Waals surface area contributed by atoms with Crippen molar-refractivity contribution in [2.45, 2.75) is 45.1 Å². The molecule has 2 atom stereocenters. The molecule has 0 aliphatic carbocycles. The number of nitrogens with one attached hydrogen (secondary N) is 2. The van der Waals surface area contributed by atoms with Gasteiger partial charge in [-0.1, -0.05) is 6.92 Å². The molecule has 0 radical (unpaired) electrons. The Morgan fingerprint density at radius 1 is 1.29 bits per heavy atom. The van der Waals surface area contributed by atoms with Crippen LogP contribution in [0.4, 0.5) is 4.79 Å². The summed E-state index contributed by atoms with van der Waals surface area (Å²) in [6.07, 6.45) is 6.12. The summed E-state index contributed by atoms with van der Waals surface area (Å²) in [6.45, 7) is 5.99. The predicted octanol–water partition coefficient (Wildman–Crippen LogP) is 1.57. The molecule has 98 valence electrons. The van der Waals surface area contributed by atoms with E-state index in [0.29, 0.717) is 12.0 Å². The number of hydrogen-bond donors (Lipinski definition) is 2. The SMILES string of the molecule is CC1CCCNC1CNC(=O)N1CCCCC1. The number of carbonyl (C=O) groups excluding carboxylic acids is 1. The van der Waals surface area contributed by atoms with Gasteiger partial charge in [0.05, 0.1) is 0 Å². The summed E-state index contributed by atoms with van der Waals surface area (Å²) in [5, 5.41) is 6.57. The van der Waals surface area contributed by atoms with E-state index < -0.39 is 0 Å². The van der Waals surface area contributed by atoms with Gasteiger partial charge in [-0.2, -0.15) is 0 Å². The Morgan fingerprint density at radius 3 is 2.76 bits per heavy atom. The molecule has 4 heteroatoms. The minimum Gasteiger partial charge on any atom is -0.336 e. The van der Waals surface area contributed by atoms with Gasteiger partial charge in [-0.05, 0) is 44.6 Å². The first kappa shape index (κ1) is 12.7. The van der Waals surface area contributed by atoms with E-state index >= 15 is 0 Å². The van der Waals surface area contributed by atoms with Crippen LogP contribution in [0.1, 0.15) is 39.0 Å². The largest absolute Gasteiger partial charge is 0.336 e. The molecule has 0 aromatic carbocycles. The Hall–Kier alpha value is -0.770. The second-order valence-corrected chi connectivity index (χ2v) is 5.41. The normalized spacial score (nSPS) is 30.1. The van der Waals surface area contributed by atoms with Crippen LogP contribution in [0.2, 0.25) is 0 Å². The molecule has 2 aliphatic rings. The highest BCUT2D eigenvalue weighted by Gasteiger charge is 2.22. The summed E-state index contributed by atoms with van der Waals surface area (Å²) in [5.41, 5.74) is 0. The molecule has 2 aliphatic heterocycles. The highest BCUT2D eigenvalue weighted by Crippen LogP contribution is 2.15. The maximum atomic E-state index is 11.9.